The summed E-state index contributed by atoms with van der Waals surface area (Å²) in [7, 11) is 1.50. The van der Waals surface area contributed by atoms with Gasteiger partial charge in [0, 0.05) is 21.9 Å². The lowest BCUT2D eigenvalue weighted by Crippen LogP contribution is -2.23. The largest absolute Gasteiger partial charge is 0.496 e. The summed E-state index contributed by atoms with van der Waals surface area (Å²) >= 11 is 9.32. The lowest BCUT2D eigenvalue weighted by Gasteiger charge is -2.08. The van der Waals surface area contributed by atoms with Gasteiger partial charge in [0.15, 0.2) is 0 Å². The van der Waals surface area contributed by atoms with Crippen LogP contribution in [-0.2, 0) is 6.54 Å². The number of imidazole rings is 1. The Kier molecular flexibility index (Phi) is 4.54. The van der Waals surface area contributed by atoms with Crippen LogP contribution in [0.4, 0.5) is 0 Å². The van der Waals surface area contributed by atoms with Gasteiger partial charge in [0.1, 0.15) is 11.4 Å². The molecule has 118 valence electrons. The molecule has 3 aromatic rings. The molecule has 0 saturated heterocycles. The van der Waals surface area contributed by atoms with E-state index in [2.05, 4.69) is 26.2 Å². The number of aromatic nitrogens is 2. The van der Waals surface area contributed by atoms with Gasteiger partial charge in [0.05, 0.1) is 24.9 Å². The number of pyridine rings is 1. The Morgan fingerprint density at radius 1 is 1.35 bits per heavy atom. The van der Waals surface area contributed by atoms with Crippen molar-refractivity contribution in [3.05, 3.63) is 63.5 Å². The predicted octanol–water partition coefficient (Wildman–Crippen LogP) is 3.69. The monoisotopic (exact) mass is 393 g/mol. The molecular weight excluding hydrogens is 382 g/mol. The third-order valence-electron chi connectivity index (χ3n) is 3.30. The molecule has 0 aliphatic heterocycles. The van der Waals surface area contributed by atoms with Crippen molar-refractivity contribution in [3.8, 4) is 5.75 Å². The van der Waals surface area contributed by atoms with Gasteiger partial charge in [-0.2, -0.15) is 0 Å². The van der Waals surface area contributed by atoms with Crippen molar-refractivity contribution >= 4 is 39.1 Å². The van der Waals surface area contributed by atoms with Crippen LogP contribution in [0.2, 0.25) is 5.02 Å². The van der Waals surface area contributed by atoms with Gasteiger partial charge in [0.25, 0.3) is 5.91 Å². The number of carbonyl (C=O) groups excluding carboxylic acids is 1. The minimum Gasteiger partial charge on any atom is -0.496 e. The fourth-order valence-electron chi connectivity index (χ4n) is 2.22. The molecule has 0 aliphatic rings. The molecule has 3 rings (SSSR count). The molecule has 0 fully saturated rings. The highest BCUT2D eigenvalue weighted by atomic mass is 79.9. The molecule has 0 unspecified atom stereocenters. The number of fused-ring (bicyclic) bond motifs is 1. The van der Waals surface area contributed by atoms with Crippen molar-refractivity contribution in [1.82, 2.24) is 14.7 Å². The summed E-state index contributed by atoms with van der Waals surface area (Å²) < 4.78 is 8.05. The molecule has 0 spiro atoms. The Morgan fingerprint density at radius 3 is 2.96 bits per heavy atom. The first-order valence-electron chi connectivity index (χ1n) is 6.81. The molecule has 23 heavy (non-hydrogen) atoms. The molecule has 0 bridgehead atoms. The van der Waals surface area contributed by atoms with E-state index >= 15 is 0 Å². The Hall–Kier alpha value is -2.05. The first kappa shape index (κ1) is 15.8. The van der Waals surface area contributed by atoms with Crippen molar-refractivity contribution in [3.63, 3.8) is 0 Å². The second-order valence-corrected chi connectivity index (χ2v) is 6.22. The molecule has 1 aromatic carbocycles. The zero-order valence-corrected chi connectivity index (χ0v) is 14.6. The SMILES string of the molecule is COc1cc(Cl)ccc1C(=O)NCc1cn2cc(Br)ccc2n1. The molecule has 0 radical (unpaired) electrons. The minimum atomic E-state index is -0.239. The second kappa shape index (κ2) is 6.60. The van der Waals surface area contributed by atoms with E-state index in [9.17, 15) is 4.79 Å². The van der Waals surface area contributed by atoms with Crippen LogP contribution < -0.4 is 10.1 Å². The number of nitrogens with one attached hydrogen (secondary N) is 1. The van der Waals surface area contributed by atoms with E-state index in [-0.39, 0.29) is 5.91 Å². The zero-order valence-electron chi connectivity index (χ0n) is 12.2. The number of hydrogen-bond acceptors (Lipinski definition) is 3. The molecule has 2 aromatic heterocycles. The fraction of sp³-hybridized carbons (Fsp3) is 0.125. The van der Waals surface area contributed by atoms with Crippen LogP contribution >= 0.6 is 27.5 Å². The van der Waals surface area contributed by atoms with Crippen molar-refractivity contribution in [2.24, 2.45) is 0 Å². The van der Waals surface area contributed by atoms with Crippen LogP contribution in [-0.4, -0.2) is 22.4 Å². The quantitative estimate of drug-likeness (QED) is 0.734. The van der Waals surface area contributed by atoms with Crippen LogP contribution in [0.25, 0.3) is 5.65 Å². The number of carbonyl (C=O) groups is 1. The van der Waals surface area contributed by atoms with Gasteiger partial charge < -0.3 is 14.5 Å². The van der Waals surface area contributed by atoms with E-state index in [4.69, 9.17) is 16.3 Å². The highest BCUT2D eigenvalue weighted by Gasteiger charge is 2.13. The number of nitrogens with zero attached hydrogens (tertiary/aromatic N) is 2. The molecular formula is C16H13BrClN3O2. The first-order chi connectivity index (χ1) is 11.1. The maximum Gasteiger partial charge on any atom is 0.255 e. The Labute approximate surface area is 146 Å². The first-order valence-corrected chi connectivity index (χ1v) is 7.99. The van der Waals surface area contributed by atoms with Crippen LogP contribution in [0.3, 0.4) is 0 Å². The number of halogens is 2. The van der Waals surface area contributed by atoms with Crippen LogP contribution in [0.1, 0.15) is 16.1 Å². The normalized spacial score (nSPS) is 10.7. The van der Waals surface area contributed by atoms with E-state index in [1.54, 1.807) is 18.2 Å². The van der Waals surface area contributed by atoms with Gasteiger partial charge in [-0.15, -0.1) is 0 Å². The number of hydrogen-bond donors (Lipinski definition) is 1. The minimum absolute atomic E-state index is 0.239. The van der Waals surface area contributed by atoms with Gasteiger partial charge in [-0.1, -0.05) is 11.6 Å². The van der Waals surface area contributed by atoms with Gasteiger partial charge >= 0.3 is 0 Å². The molecule has 1 N–H and O–H groups in total. The van der Waals surface area contributed by atoms with Gasteiger partial charge in [-0.3, -0.25) is 4.79 Å². The third-order valence-corrected chi connectivity index (χ3v) is 4.01. The standard InChI is InChI=1S/C16H13BrClN3O2/c1-23-14-6-11(18)3-4-13(14)16(22)19-7-12-9-21-8-10(17)2-5-15(21)20-12/h2-6,8-9H,7H2,1H3,(H,19,22). The molecule has 0 aliphatic carbocycles. The summed E-state index contributed by atoms with van der Waals surface area (Å²) in [4.78, 5) is 16.8. The van der Waals surface area contributed by atoms with Crippen molar-refractivity contribution in [2.45, 2.75) is 6.54 Å². The molecule has 2 heterocycles. The Balaban J connectivity index is 1.75. The van der Waals surface area contributed by atoms with E-state index in [0.717, 1.165) is 15.8 Å². The summed E-state index contributed by atoms with van der Waals surface area (Å²) in [6.45, 7) is 0.323. The van der Waals surface area contributed by atoms with Crippen molar-refractivity contribution in [1.29, 1.82) is 0 Å². The predicted molar refractivity (Wildman–Crippen MR) is 92.1 cm³/mol. The van der Waals surface area contributed by atoms with E-state index < -0.39 is 0 Å². The number of benzene rings is 1. The summed E-state index contributed by atoms with van der Waals surface area (Å²) in [5.41, 5.74) is 2.02. The summed E-state index contributed by atoms with van der Waals surface area (Å²) in [5.74, 6) is 0.200. The molecule has 1 amide bonds. The maximum absolute atomic E-state index is 12.3. The molecule has 0 saturated carbocycles. The highest BCUT2D eigenvalue weighted by Crippen LogP contribution is 2.23. The van der Waals surface area contributed by atoms with E-state index in [1.165, 1.54) is 7.11 Å². The van der Waals surface area contributed by atoms with Gasteiger partial charge in [-0.25, -0.2) is 4.98 Å². The number of amides is 1. The van der Waals surface area contributed by atoms with Gasteiger partial charge in [-0.05, 0) is 46.3 Å². The zero-order chi connectivity index (χ0) is 16.4. The number of rotatable bonds is 4. The lowest BCUT2D eigenvalue weighted by molar-refractivity contribution is 0.0947. The average molecular weight is 395 g/mol. The molecule has 5 nitrogen and oxygen atoms in total. The molecule has 7 heteroatoms. The Bertz CT molecular complexity index is 879. The van der Waals surface area contributed by atoms with Crippen molar-refractivity contribution in [2.75, 3.05) is 7.11 Å². The maximum atomic E-state index is 12.3. The van der Waals surface area contributed by atoms with Gasteiger partial charge in [0.2, 0.25) is 0 Å². The number of ether oxygens (including phenoxy) is 1. The van der Waals surface area contributed by atoms with Crippen LogP contribution in [0, 0.1) is 0 Å². The summed E-state index contributed by atoms with van der Waals surface area (Å²) in [6.07, 6.45) is 3.79. The number of methoxy groups -OCH3 is 1. The smallest absolute Gasteiger partial charge is 0.255 e. The fourth-order valence-corrected chi connectivity index (χ4v) is 2.74. The topological polar surface area (TPSA) is 55.6 Å². The third kappa shape index (κ3) is 3.48. The Morgan fingerprint density at radius 2 is 2.17 bits per heavy atom. The van der Waals surface area contributed by atoms with E-state index in [1.807, 2.05) is 28.9 Å². The second-order valence-electron chi connectivity index (χ2n) is 4.87. The average Bonchev–Trinajstić information content (AvgIpc) is 2.94. The summed E-state index contributed by atoms with van der Waals surface area (Å²) in [5, 5.41) is 3.35. The van der Waals surface area contributed by atoms with Crippen molar-refractivity contribution < 1.29 is 9.53 Å². The van der Waals surface area contributed by atoms with Crippen LogP contribution in [0.15, 0.2) is 47.2 Å². The lowest BCUT2D eigenvalue weighted by atomic mass is 10.2. The molecule has 0 atom stereocenters. The summed E-state index contributed by atoms with van der Waals surface area (Å²) in [6, 6.07) is 8.72. The van der Waals surface area contributed by atoms with Crippen LogP contribution in [0.5, 0.6) is 5.75 Å². The highest BCUT2D eigenvalue weighted by molar-refractivity contribution is 9.10. The van der Waals surface area contributed by atoms with E-state index in [0.29, 0.717) is 22.9 Å².